The molecule has 1 rings (SSSR count). The molecule has 1 heterocycles. The van der Waals surface area contributed by atoms with Gasteiger partial charge in [0, 0.05) is 6.61 Å². The van der Waals surface area contributed by atoms with E-state index in [1.54, 1.807) is 0 Å². The number of hydrogen-bond acceptors (Lipinski definition) is 5. The predicted molar refractivity (Wildman–Crippen MR) is 113 cm³/mol. The van der Waals surface area contributed by atoms with Crippen LogP contribution < -0.4 is 0 Å². The van der Waals surface area contributed by atoms with Crippen molar-refractivity contribution in [2.24, 2.45) is 0 Å². The summed E-state index contributed by atoms with van der Waals surface area (Å²) >= 11 is 0. The number of ether oxygens (including phenoxy) is 2. The third-order valence-corrected chi connectivity index (χ3v) is 5.46. The van der Waals surface area contributed by atoms with Gasteiger partial charge in [0.1, 0.15) is 24.4 Å². The van der Waals surface area contributed by atoms with Crippen molar-refractivity contribution in [3.8, 4) is 0 Å². The van der Waals surface area contributed by atoms with Crippen LogP contribution in [-0.4, -0.2) is 59.6 Å². The fourth-order valence-corrected chi connectivity index (χ4v) is 3.62. The molecule has 1 fully saturated rings. The van der Waals surface area contributed by atoms with Gasteiger partial charge in [-0.05, 0) is 25.7 Å². The van der Waals surface area contributed by atoms with Gasteiger partial charge < -0.3 is 24.8 Å². The SMILES string of the molecule is CCC/C=C/CCCCCCCCCCCCO[C@@H]1[C@@H](O)[C@H](O)CO[C@H]1CO. The van der Waals surface area contributed by atoms with Crippen molar-refractivity contribution >= 4 is 0 Å². The lowest BCUT2D eigenvalue weighted by atomic mass is 10.0. The second kappa shape index (κ2) is 17.4. The van der Waals surface area contributed by atoms with Gasteiger partial charge in [0.05, 0.1) is 13.2 Å². The Bertz CT molecular complexity index is 372. The summed E-state index contributed by atoms with van der Waals surface area (Å²) in [5, 5.41) is 29.0. The highest BCUT2D eigenvalue weighted by atomic mass is 16.6. The Balaban J connectivity index is 1.87. The van der Waals surface area contributed by atoms with Crippen LogP contribution in [0.25, 0.3) is 0 Å². The first kappa shape index (κ1) is 25.6. The van der Waals surface area contributed by atoms with Crippen molar-refractivity contribution in [2.45, 2.75) is 115 Å². The number of aliphatic hydroxyl groups is 3. The molecule has 5 nitrogen and oxygen atoms in total. The molecule has 4 atom stereocenters. The maximum Gasteiger partial charge on any atom is 0.114 e. The molecular weight excluding hydrogens is 356 g/mol. The molecule has 28 heavy (non-hydrogen) atoms. The van der Waals surface area contributed by atoms with E-state index in [1.165, 1.54) is 70.6 Å². The summed E-state index contributed by atoms with van der Waals surface area (Å²) in [6.07, 6.45) is 17.8. The molecule has 0 unspecified atom stereocenters. The van der Waals surface area contributed by atoms with Crippen molar-refractivity contribution < 1.29 is 24.8 Å². The van der Waals surface area contributed by atoms with Crippen LogP contribution in [-0.2, 0) is 9.47 Å². The molecule has 1 aliphatic heterocycles. The molecule has 3 N–H and O–H groups in total. The highest BCUT2D eigenvalue weighted by Crippen LogP contribution is 2.19. The first-order chi connectivity index (χ1) is 13.7. The first-order valence-corrected chi connectivity index (χ1v) is 11.6. The molecule has 0 amide bonds. The standard InChI is InChI=1S/C23H44O5/c1-2-3-4-5-6-7-8-9-10-11-12-13-14-15-16-17-27-23-21(18-24)28-19-20(25)22(23)26/h4-5,20-26H,2-3,6-19H2,1H3/b5-4+/t20-,21+,22+,23+/m1/s1. The lowest BCUT2D eigenvalue weighted by Crippen LogP contribution is -2.55. The highest BCUT2D eigenvalue weighted by molar-refractivity contribution is 4.87. The van der Waals surface area contributed by atoms with Crippen LogP contribution in [0, 0.1) is 0 Å². The minimum atomic E-state index is -0.988. The first-order valence-electron chi connectivity index (χ1n) is 11.6. The molecule has 5 heteroatoms. The molecule has 0 saturated carbocycles. The van der Waals surface area contributed by atoms with Gasteiger partial charge in [0.25, 0.3) is 0 Å². The van der Waals surface area contributed by atoms with Gasteiger partial charge in [-0.25, -0.2) is 0 Å². The molecule has 0 aromatic heterocycles. The molecule has 1 aliphatic rings. The summed E-state index contributed by atoms with van der Waals surface area (Å²) in [6.45, 7) is 2.59. The number of unbranched alkanes of at least 4 members (excludes halogenated alkanes) is 11. The van der Waals surface area contributed by atoms with Gasteiger partial charge in [-0.2, -0.15) is 0 Å². The van der Waals surface area contributed by atoms with E-state index < -0.39 is 24.4 Å². The number of aliphatic hydroxyl groups excluding tert-OH is 3. The van der Waals surface area contributed by atoms with Crippen molar-refractivity contribution in [2.75, 3.05) is 19.8 Å². The molecule has 0 aromatic rings. The lowest BCUT2D eigenvalue weighted by Gasteiger charge is -2.37. The van der Waals surface area contributed by atoms with Crippen LogP contribution in [0.4, 0.5) is 0 Å². The summed E-state index contributed by atoms with van der Waals surface area (Å²) in [7, 11) is 0. The zero-order valence-corrected chi connectivity index (χ0v) is 17.9. The van der Waals surface area contributed by atoms with Crippen LogP contribution in [0.2, 0.25) is 0 Å². The molecule has 1 saturated heterocycles. The fourth-order valence-electron chi connectivity index (χ4n) is 3.62. The number of allylic oxidation sites excluding steroid dienone is 2. The predicted octanol–water partition coefficient (Wildman–Crippen LogP) is 4.13. The molecule has 0 spiro atoms. The summed E-state index contributed by atoms with van der Waals surface area (Å²) in [6, 6.07) is 0. The van der Waals surface area contributed by atoms with E-state index in [2.05, 4.69) is 19.1 Å². The molecule has 0 aromatic carbocycles. The van der Waals surface area contributed by atoms with Gasteiger partial charge >= 0.3 is 0 Å². The van der Waals surface area contributed by atoms with E-state index in [0.717, 1.165) is 12.8 Å². The number of hydrogen-bond donors (Lipinski definition) is 3. The van der Waals surface area contributed by atoms with E-state index >= 15 is 0 Å². The fraction of sp³-hybridized carbons (Fsp3) is 0.913. The van der Waals surface area contributed by atoms with Crippen LogP contribution in [0.15, 0.2) is 12.2 Å². The maximum atomic E-state index is 10.00. The second-order valence-electron chi connectivity index (χ2n) is 8.03. The van der Waals surface area contributed by atoms with E-state index in [-0.39, 0.29) is 13.2 Å². The van der Waals surface area contributed by atoms with Crippen molar-refractivity contribution in [1.29, 1.82) is 0 Å². The van der Waals surface area contributed by atoms with Crippen molar-refractivity contribution in [1.82, 2.24) is 0 Å². The maximum absolute atomic E-state index is 10.00. The molecule has 0 aliphatic carbocycles. The van der Waals surface area contributed by atoms with Gasteiger partial charge in [-0.1, -0.05) is 76.9 Å². The van der Waals surface area contributed by atoms with Crippen LogP contribution in [0.5, 0.6) is 0 Å². The van der Waals surface area contributed by atoms with E-state index in [4.69, 9.17) is 9.47 Å². The largest absolute Gasteiger partial charge is 0.394 e. The van der Waals surface area contributed by atoms with Crippen molar-refractivity contribution in [3.63, 3.8) is 0 Å². The van der Waals surface area contributed by atoms with Crippen LogP contribution in [0.1, 0.15) is 90.4 Å². The monoisotopic (exact) mass is 400 g/mol. The minimum Gasteiger partial charge on any atom is -0.394 e. The second-order valence-corrected chi connectivity index (χ2v) is 8.03. The molecule has 0 radical (unpaired) electrons. The zero-order chi connectivity index (χ0) is 20.5. The Hall–Kier alpha value is -0.460. The summed E-state index contributed by atoms with van der Waals surface area (Å²) in [5.74, 6) is 0. The Morgan fingerprint density at radius 1 is 0.857 bits per heavy atom. The number of rotatable bonds is 17. The minimum absolute atomic E-state index is 0.0439. The third-order valence-electron chi connectivity index (χ3n) is 5.46. The molecular formula is C23H44O5. The van der Waals surface area contributed by atoms with Crippen LogP contribution >= 0.6 is 0 Å². The summed E-state index contributed by atoms with van der Waals surface area (Å²) in [4.78, 5) is 0. The third kappa shape index (κ3) is 11.5. The lowest BCUT2D eigenvalue weighted by molar-refractivity contribution is -0.211. The summed E-state index contributed by atoms with van der Waals surface area (Å²) < 4.78 is 11.0. The Morgan fingerprint density at radius 3 is 2.04 bits per heavy atom. The van der Waals surface area contributed by atoms with Gasteiger partial charge in [-0.3, -0.25) is 0 Å². The molecule has 0 bridgehead atoms. The highest BCUT2D eigenvalue weighted by Gasteiger charge is 2.39. The Labute approximate surface area is 172 Å². The van der Waals surface area contributed by atoms with E-state index in [1.807, 2.05) is 0 Å². The summed E-state index contributed by atoms with van der Waals surface area (Å²) in [5.41, 5.74) is 0. The smallest absolute Gasteiger partial charge is 0.114 e. The normalized spacial score (nSPS) is 25.6. The zero-order valence-electron chi connectivity index (χ0n) is 17.9. The quantitative estimate of drug-likeness (QED) is 0.253. The topological polar surface area (TPSA) is 79.2 Å². The average molecular weight is 401 g/mol. The Morgan fingerprint density at radius 2 is 1.43 bits per heavy atom. The molecule has 166 valence electrons. The van der Waals surface area contributed by atoms with E-state index in [0.29, 0.717) is 6.61 Å². The van der Waals surface area contributed by atoms with Gasteiger partial charge in [0.15, 0.2) is 0 Å². The Kier molecular flexibility index (Phi) is 15.9. The van der Waals surface area contributed by atoms with Gasteiger partial charge in [-0.15, -0.1) is 0 Å². The average Bonchev–Trinajstić information content (AvgIpc) is 2.70. The van der Waals surface area contributed by atoms with E-state index in [9.17, 15) is 15.3 Å². The van der Waals surface area contributed by atoms with Gasteiger partial charge in [0.2, 0.25) is 0 Å². The van der Waals surface area contributed by atoms with Crippen LogP contribution in [0.3, 0.4) is 0 Å². The van der Waals surface area contributed by atoms with Crippen molar-refractivity contribution in [3.05, 3.63) is 12.2 Å².